The van der Waals surface area contributed by atoms with Gasteiger partial charge in [-0.05, 0) is 37.1 Å². The molecular weight excluding hydrogens is 224 g/mol. The number of hydrogen-bond donors (Lipinski definition) is 0. The van der Waals surface area contributed by atoms with Gasteiger partial charge in [0.05, 0.1) is 0 Å². The molecule has 0 saturated carbocycles. The van der Waals surface area contributed by atoms with E-state index >= 15 is 0 Å². The summed E-state index contributed by atoms with van der Waals surface area (Å²) in [6.07, 6.45) is 3.28. The Morgan fingerprint density at radius 1 is 1.22 bits per heavy atom. The molecule has 2 aliphatic rings. The van der Waals surface area contributed by atoms with Gasteiger partial charge in [0.2, 0.25) is 0 Å². The highest BCUT2D eigenvalue weighted by Gasteiger charge is 2.29. The van der Waals surface area contributed by atoms with Crippen LogP contribution >= 0.6 is 0 Å². The van der Waals surface area contributed by atoms with Crippen LogP contribution in [0.5, 0.6) is 0 Å². The Morgan fingerprint density at radius 3 is 2.72 bits per heavy atom. The summed E-state index contributed by atoms with van der Waals surface area (Å²) in [5.41, 5.74) is 3.64. The van der Waals surface area contributed by atoms with Crippen LogP contribution in [0.4, 0.5) is 0 Å². The number of likely N-dealkylation sites (N-methyl/N-ethyl adjacent to an activating group) is 1. The SMILES string of the molecule is CN1CCN([C@H]2CCc3cc(C=O)ccc32)CC1. The zero-order valence-corrected chi connectivity index (χ0v) is 10.9. The molecule has 3 rings (SSSR count). The number of carbonyl (C=O) groups excluding carboxylic acids is 1. The van der Waals surface area contributed by atoms with Crippen molar-refractivity contribution in [2.45, 2.75) is 18.9 Å². The molecule has 0 amide bonds. The third kappa shape index (κ3) is 2.08. The molecule has 1 aromatic rings. The van der Waals surface area contributed by atoms with Gasteiger partial charge in [0.15, 0.2) is 0 Å². The number of piperazine rings is 1. The molecule has 3 nitrogen and oxygen atoms in total. The summed E-state index contributed by atoms with van der Waals surface area (Å²) >= 11 is 0. The van der Waals surface area contributed by atoms with Crippen LogP contribution in [0.3, 0.4) is 0 Å². The smallest absolute Gasteiger partial charge is 0.150 e. The minimum absolute atomic E-state index is 0.578. The number of aryl methyl sites for hydroxylation is 1. The maximum atomic E-state index is 10.8. The predicted octanol–water partition coefficient (Wildman–Crippen LogP) is 1.73. The van der Waals surface area contributed by atoms with Crippen LogP contribution in [0.1, 0.15) is 33.9 Å². The number of nitrogens with zero attached hydrogens (tertiary/aromatic N) is 2. The first-order valence-corrected chi connectivity index (χ1v) is 6.78. The summed E-state index contributed by atoms with van der Waals surface area (Å²) in [4.78, 5) is 15.8. The maximum Gasteiger partial charge on any atom is 0.150 e. The average molecular weight is 244 g/mol. The highest BCUT2D eigenvalue weighted by molar-refractivity contribution is 5.75. The largest absolute Gasteiger partial charge is 0.304 e. The van der Waals surface area contributed by atoms with Crippen molar-refractivity contribution < 1.29 is 4.79 Å². The molecule has 0 spiro atoms. The fraction of sp³-hybridized carbons (Fsp3) is 0.533. The van der Waals surface area contributed by atoms with E-state index in [1.165, 1.54) is 17.5 Å². The molecule has 0 unspecified atom stereocenters. The average Bonchev–Trinajstić information content (AvgIpc) is 2.82. The number of aldehydes is 1. The van der Waals surface area contributed by atoms with Crippen LogP contribution in [-0.4, -0.2) is 49.3 Å². The molecule has 0 radical (unpaired) electrons. The summed E-state index contributed by atoms with van der Waals surface area (Å²) in [6, 6.07) is 6.77. The summed E-state index contributed by atoms with van der Waals surface area (Å²) in [5, 5.41) is 0. The van der Waals surface area contributed by atoms with Gasteiger partial charge in [-0.25, -0.2) is 0 Å². The second kappa shape index (κ2) is 4.82. The number of fused-ring (bicyclic) bond motifs is 1. The zero-order valence-electron chi connectivity index (χ0n) is 10.9. The Morgan fingerprint density at radius 2 is 2.00 bits per heavy atom. The van der Waals surface area contributed by atoms with E-state index in [1.54, 1.807) is 0 Å². The highest BCUT2D eigenvalue weighted by atomic mass is 16.1. The van der Waals surface area contributed by atoms with E-state index in [-0.39, 0.29) is 0 Å². The van der Waals surface area contributed by atoms with Crippen molar-refractivity contribution in [3.63, 3.8) is 0 Å². The van der Waals surface area contributed by atoms with Crippen molar-refractivity contribution in [2.24, 2.45) is 0 Å². The molecule has 1 aliphatic carbocycles. The van der Waals surface area contributed by atoms with E-state index in [1.807, 2.05) is 6.07 Å². The van der Waals surface area contributed by atoms with Gasteiger partial charge in [0, 0.05) is 37.8 Å². The molecule has 96 valence electrons. The topological polar surface area (TPSA) is 23.6 Å². The third-order valence-corrected chi connectivity index (χ3v) is 4.33. The fourth-order valence-corrected chi connectivity index (χ4v) is 3.20. The molecule has 0 N–H and O–H groups in total. The van der Waals surface area contributed by atoms with Gasteiger partial charge >= 0.3 is 0 Å². The van der Waals surface area contributed by atoms with E-state index in [2.05, 4.69) is 29.0 Å². The summed E-state index contributed by atoms with van der Waals surface area (Å²) < 4.78 is 0. The Kier molecular flexibility index (Phi) is 3.18. The Hall–Kier alpha value is -1.19. The van der Waals surface area contributed by atoms with Crippen molar-refractivity contribution in [3.05, 3.63) is 34.9 Å². The predicted molar refractivity (Wildman–Crippen MR) is 72.0 cm³/mol. The van der Waals surface area contributed by atoms with Crippen molar-refractivity contribution >= 4 is 6.29 Å². The van der Waals surface area contributed by atoms with Gasteiger partial charge in [-0.3, -0.25) is 9.69 Å². The highest BCUT2D eigenvalue weighted by Crippen LogP contribution is 2.36. The standard InChI is InChI=1S/C15H20N2O/c1-16-6-8-17(9-7-16)15-5-3-13-10-12(11-18)2-4-14(13)15/h2,4,10-11,15H,3,5-9H2,1H3/t15-/m0/s1. The second-order valence-corrected chi connectivity index (χ2v) is 5.47. The lowest BCUT2D eigenvalue weighted by atomic mass is 10.0. The molecule has 1 heterocycles. The van der Waals surface area contributed by atoms with E-state index in [0.717, 1.165) is 44.4 Å². The van der Waals surface area contributed by atoms with E-state index in [4.69, 9.17) is 0 Å². The van der Waals surface area contributed by atoms with Gasteiger partial charge in [0.25, 0.3) is 0 Å². The van der Waals surface area contributed by atoms with Crippen LogP contribution in [0.2, 0.25) is 0 Å². The molecule has 1 aliphatic heterocycles. The van der Waals surface area contributed by atoms with Gasteiger partial charge in [-0.1, -0.05) is 12.1 Å². The van der Waals surface area contributed by atoms with Gasteiger partial charge in [-0.15, -0.1) is 0 Å². The fourth-order valence-electron chi connectivity index (χ4n) is 3.20. The van der Waals surface area contributed by atoms with Crippen LogP contribution in [-0.2, 0) is 6.42 Å². The van der Waals surface area contributed by atoms with Crippen molar-refractivity contribution in [1.82, 2.24) is 9.80 Å². The minimum Gasteiger partial charge on any atom is -0.304 e. The van der Waals surface area contributed by atoms with Crippen LogP contribution in [0.25, 0.3) is 0 Å². The first kappa shape index (κ1) is 11.9. The monoisotopic (exact) mass is 244 g/mol. The van der Waals surface area contributed by atoms with Crippen LogP contribution in [0, 0.1) is 0 Å². The summed E-state index contributed by atoms with van der Waals surface area (Å²) in [6.45, 7) is 4.66. The quantitative estimate of drug-likeness (QED) is 0.740. The lowest BCUT2D eigenvalue weighted by Crippen LogP contribution is -2.45. The second-order valence-electron chi connectivity index (χ2n) is 5.47. The van der Waals surface area contributed by atoms with E-state index < -0.39 is 0 Å². The molecule has 1 atom stereocenters. The normalized spacial score (nSPS) is 25.1. The van der Waals surface area contributed by atoms with Crippen molar-refractivity contribution in [1.29, 1.82) is 0 Å². The van der Waals surface area contributed by atoms with Crippen LogP contribution in [0.15, 0.2) is 18.2 Å². The molecule has 1 saturated heterocycles. The first-order valence-electron chi connectivity index (χ1n) is 6.78. The molecule has 0 aromatic heterocycles. The third-order valence-electron chi connectivity index (χ3n) is 4.33. The maximum absolute atomic E-state index is 10.8. The van der Waals surface area contributed by atoms with Gasteiger partial charge in [0.1, 0.15) is 6.29 Å². The summed E-state index contributed by atoms with van der Waals surface area (Å²) in [7, 11) is 2.19. The number of benzene rings is 1. The molecule has 0 bridgehead atoms. The molecule has 1 aromatic carbocycles. The first-order chi connectivity index (χ1) is 8.78. The Balaban J connectivity index is 1.80. The van der Waals surface area contributed by atoms with Crippen molar-refractivity contribution in [2.75, 3.05) is 33.2 Å². The zero-order chi connectivity index (χ0) is 12.5. The summed E-state index contributed by atoms with van der Waals surface area (Å²) in [5.74, 6) is 0. The molecule has 3 heteroatoms. The Bertz CT molecular complexity index is 450. The van der Waals surface area contributed by atoms with Crippen molar-refractivity contribution in [3.8, 4) is 0 Å². The number of hydrogen-bond acceptors (Lipinski definition) is 3. The van der Waals surface area contributed by atoms with Gasteiger partial charge < -0.3 is 4.90 Å². The minimum atomic E-state index is 0.578. The van der Waals surface area contributed by atoms with Crippen LogP contribution < -0.4 is 0 Å². The van der Waals surface area contributed by atoms with Gasteiger partial charge in [-0.2, -0.15) is 0 Å². The molecule has 18 heavy (non-hydrogen) atoms. The molecular formula is C15H20N2O. The Labute approximate surface area is 108 Å². The lowest BCUT2D eigenvalue weighted by Gasteiger charge is -2.36. The molecule has 1 fully saturated rings. The van der Waals surface area contributed by atoms with E-state index in [0.29, 0.717) is 6.04 Å². The lowest BCUT2D eigenvalue weighted by molar-refractivity contribution is 0.111. The van der Waals surface area contributed by atoms with E-state index in [9.17, 15) is 4.79 Å². The number of carbonyl (C=O) groups is 1. The number of rotatable bonds is 2.